The minimum Gasteiger partial charge on any atom is -0.607 e. The molecule has 1 aromatic carbocycles. The van der Waals surface area contributed by atoms with Gasteiger partial charge in [-0.2, -0.15) is 19.0 Å². The van der Waals surface area contributed by atoms with Crippen LogP contribution >= 0.6 is 0 Å². The number of likely N-dealkylation sites (tertiary alicyclic amines) is 1. The van der Waals surface area contributed by atoms with E-state index < -0.39 is 22.3 Å². The van der Waals surface area contributed by atoms with E-state index in [-0.39, 0.29) is 42.6 Å². The van der Waals surface area contributed by atoms with E-state index in [9.17, 15) is 18.1 Å². The molecule has 1 aliphatic rings. The van der Waals surface area contributed by atoms with E-state index in [4.69, 9.17) is 4.74 Å². The minimum absolute atomic E-state index is 0.0274. The van der Waals surface area contributed by atoms with Gasteiger partial charge in [0.05, 0.1) is 42.3 Å². The molecule has 0 radical (unpaired) electrons. The highest BCUT2D eigenvalue weighted by molar-refractivity contribution is 7.92. The zero-order valence-corrected chi connectivity index (χ0v) is 16.0. The number of carbonyl (C=O) groups excluding carboxylic acids is 1. The summed E-state index contributed by atoms with van der Waals surface area (Å²) in [6.45, 7) is 0.293. The minimum atomic E-state index is -3.42. The highest BCUT2D eigenvalue weighted by atomic mass is 32.2. The average molecular weight is 410 g/mol. The quantitative estimate of drug-likeness (QED) is 0.765. The number of urea groups is 1. The van der Waals surface area contributed by atoms with Crippen molar-refractivity contribution in [3.8, 4) is 5.75 Å². The number of alkyl halides is 2. The van der Waals surface area contributed by atoms with Crippen LogP contribution in [0.5, 0.6) is 5.75 Å². The Balaban J connectivity index is 1.62. The maximum absolute atomic E-state index is 14.9. The van der Waals surface area contributed by atoms with E-state index in [0.717, 1.165) is 0 Å². The predicted molar refractivity (Wildman–Crippen MR) is 99.7 cm³/mol. The summed E-state index contributed by atoms with van der Waals surface area (Å²) in [6.07, 6.45) is 2.94. The normalized spacial score (nSPS) is 16.5. The molecule has 3 rings (SSSR count). The van der Waals surface area contributed by atoms with Crippen LogP contribution in [0, 0.1) is 5.92 Å². The van der Waals surface area contributed by atoms with E-state index >= 15 is 0 Å². The van der Waals surface area contributed by atoms with E-state index in [0.29, 0.717) is 5.69 Å². The van der Waals surface area contributed by atoms with Gasteiger partial charge in [-0.15, -0.1) is 0 Å². The molecule has 0 aliphatic carbocycles. The first-order valence-electron chi connectivity index (χ1n) is 8.69. The fourth-order valence-corrected chi connectivity index (χ4v) is 4.42. The van der Waals surface area contributed by atoms with Gasteiger partial charge in [-0.1, -0.05) is 12.1 Å². The van der Waals surface area contributed by atoms with Crippen LogP contribution in [0.25, 0.3) is 0 Å². The highest BCUT2D eigenvalue weighted by Crippen LogP contribution is 2.43. The van der Waals surface area contributed by atoms with Gasteiger partial charge in [0.15, 0.2) is 5.75 Å². The number of benzene rings is 1. The molecule has 2 amide bonds. The molecule has 1 aliphatic heterocycles. The lowest BCUT2D eigenvalue weighted by Crippen LogP contribution is -2.47. The molecule has 0 spiro atoms. The summed E-state index contributed by atoms with van der Waals surface area (Å²) in [5.74, 6) is -0.923. The first-order chi connectivity index (χ1) is 13.4. The average Bonchev–Trinajstić information content (AvgIpc) is 2.74. The molecular formula is C18H20F2N4O3S. The van der Waals surface area contributed by atoms with Crippen LogP contribution in [0.4, 0.5) is 19.3 Å². The summed E-state index contributed by atoms with van der Waals surface area (Å²) >= 11 is -2.55. The van der Waals surface area contributed by atoms with Crippen molar-refractivity contribution in [1.29, 1.82) is 0 Å². The molecule has 1 fully saturated rings. The second-order valence-corrected chi connectivity index (χ2v) is 7.83. The van der Waals surface area contributed by atoms with Gasteiger partial charge < -0.3 is 19.5 Å². The number of hydrogen-bond donors (Lipinski definition) is 1. The lowest BCUT2D eigenvalue weighted by atomic mass is 9.97. The second-order valence-electron chi connectivity index (χ2n) is 6.30. The summed E-state index contributed by atoms with van der Waals surface area (Å²) in [6, 6.07) is 7.26. The van der Waals surface area contributed by atoms with Crippen LogP contribution < -0.4 is 10.1 Å². The summed E-state index contributed by atoms with van der Waals surface area (Å²) in [4.78, 5) is 13.7. The number of carbonyl (C=O) groups is 1. The number of methoxy groups -OCH3 is 1. The van der Waals surface area contributed by atoms with Gasteiger partial charge in [-0.25, -0.2) is 4.79 Å². The number of amides is 2. The maximum atomic E-state index is 14.9. The van der Waals surface area contributed by atoms with Gasteiger partial charge in [-0.05, 0) is 31.0 Å². The number of piperidine rings is 1. The first kappa shape index (κ1) is 20.3. The Bertz CT molecular complexity index is 804. The van der Waals surface area contributed by atoms with Crippen molar-refractivity contribution < 1.29 is 22.9 Å². The van der Waals surface area contributed by atoms with Crippen LogP contribution in [-0.4, -0.2) is 51.1 Å². The molecule has 0 saturated carbocycles. The number of aromatic nitrogens is 2. The van der Waals surface area contributed by atoms with Crippen molar-refractivity contribution in [2.45, 2.75) is 23.0 Å². The van der Waals surface area contributed by atoms with Crippen molar-refractivity contribution in [2.24, 2.45) is 5.92 Å². The zero-order chi connectivity index (χ0) is 20.1. The van der Waals surface area contributed by atoms with Crippen molar-refractivity contribution >= 4 is 22.9 Å². The Morgan fingerprint density at radius 3 is 2.64 bits per heavy atom. The second kappa shape index (κ2) is 8.70. The lowest BCUT2D eigenvalue weighted by molar-refractivity contribution is 0.000339. The van der Waals surface area contributed by atoms with Crippen LogP contribution in [0.2, 0.25) is 0 Å². The molecule has 150 valence electrons. The maximum Gasteiger partial charge on any atom is 0.414 e. The fourth-order valence-electron chi connectivity index (χ4n) is 3.06. The first-order valence-corrected chi connectivity index (χ1v) is 9.83. The number of halogens is 2. The molecule has 2 heterocycles. The molecule has 0 bridgehead atoms. The number of para-hydroxylation sites is 1. The molecule has 1 unspecified atom stereocenters. The topological polar surface area (TPSA) is 90.4 Å². The fraction of sp³-hybridized carbons (Fsp3) is 0.389. The number of nitrogens with zero attached hydrogens (tertiary/aromatic N) is 3. The smallest absolute Gasteiger partial charge is 0.414 e. The molecular weight excluding hydrogens is 390 g/mol. The third-order valence-electron chi connectivity index (χ3n) is 4.61. The molecule has 1 aromatic heterocycles. The van der Waals surface area contributed by atoms with Gasteiger partial charge in [-0.3, -0.25) is 0 Å². The third-order valence-corrected chi connectivity index (χ3v) is 6.17. The van der Waals surface area contributed by atoms with Crippen molar-refractivity contribution in [1.82, 2.24) is 15.1 Å². The molecule has 2 aromatic rings. The molecule has 7 nitrogen and oxygen atoms in total. The van der Waals surface area contributed by atoms with E-state index in [2.05, 4.69) is 15.5 Å². The van der Waals surface area contributed by atoms with Gasteiger partial charge >= 0.3 is 11.3 Å². The Morgan fingerprint density at radius 1 is 1.29 bits per heavy atom. The molecule has 1 saturated heterocycles. The lowest BCUT2D eigenvalue weighted by Gasteiger charge is -2.35. The predicted octanol–water partition coefficient (Wildman–Crippen LogP) is 3.13. The molecule has 1 atom stereocenters. The molecule has 10 heteroatoms. The van der Waals surface area contributed by atoms with Crippen LogP contribution in [0.3, 0.4) is 0 Å². The van der Waals surface area contributed by atoms with E-state index in [1.807, 2.05) is 0 Å². The van der Waals surface area contributed by atoms with Crippen LogP contribution in [0.1, 0.15) is 12.8 Å². The van der Waals surface area contributed by atoms with Gasteiger partial charge in [0.1, 0.15) is 0 Å². The summed E-state index contributed by atoms with van der Waals surface area (Å²) in [7, 11) is 1.35. The molecule has 28 heavy (non-hydrogen) atoms. The summed E-state index contributed by atoms with van der Waals surface area (Å²) in [5, 5.41) is 6.51. The number of nitrogens with one attached hydrogen (secondary N) is 1. The third kappa shape index (κ3) is 4.33. The van der Waals surface area contributed by atoms with Crippen molar-refractivity contribution in [3.05, 3.63) is 42.7 Å². The Hall–Kier alpha value is -2.46. The van der Waals surface area contributed by atoms with Crippen LogP contribution in [0.15, 0.2) is 47.6 Å². The van der Waals surface area contributed by atoms with E-state index in [1.165, 1.54) is 36.5 Å². The Kier molecular flexibility index (Phi) is 6.30. The van der Waals surface area contributed by atoms with Gasteiger partial charge in [0, 0.05) is 13.1 Å². The number of ether oxygens (including phenoxy) is 1. The van der Waals surface area contributed by atoms with Gasteiger partial charge in [0.2, 0.25) is 4.90 Å². The van der Waals surface area contributed by atoms with Gasteiger partial charge in [0.25, 0.3) is 0 Å². The highest BCUT2D eigenvalue weighted by Gasteiger charge is 2.54. The number of anilines is 1. The summed E-state index contributed by atoms with van der Waals surface area (Å²) < 4.78 is 47.4. The number of rotatable bonds is 5. The zero-order valence-electron chi connectivity index (χ0n) is 15.2. The largest absolute Gasteiger partial charge is 0.607 e. The number of hydrogen-bond acceptors (Lipinski definition) is 5. The molecule has 1 N–H and O–H groups in total. The van der Waals surface area contributed by atoms with Crippen LogP contribution in [-0.2, 0) is 11.2 Å². The SMILES string of the molecule is COc1ccccc1[S+]([O-])C(F)(F)C1CCN(C(=O)Nc2ccnnc2)CC1. The van der Waals surface area contributed by atoms with Crippen molar-refractivity contribution in [3.63, 3.8) is 0 Å². The monoisotopic (exact) mass is 410 g/mol. The Morgan fingerprint density at radius 2 is 2.00 bits per heavy atom. The Labute approximate surface area is 164 Å². The standard InChI is InChI=1S/C18H20F2N4O3S/c1-27-15-4-2-3-5-16(15)28(26)18(19,20)13-7-10-24(11-8-13)17(25)23-14-6-9-21-22-12-14/h2-6,9,12-13H,7-8,10-11H2,1H3,(H,21,23,25). The van der Waals surface area contributed by atoms with Crippen molar-refractivity contribution in [2.75, 3.05) is 25.5 Å². The van der Waals surface area contributed by atoms with E-state index in [1.54, 1.807) is 18.2 Å². The summed E-state index contributed by atoms with van der Waals surface area (Å²) in [5.41, 5.74) is 0.477.